The summed E-state index contributed by atoms with van der Waals surface area (Å²) < 4.78 is 41.3. The van der Waals surface area contributed by atoms with Gasteiger partial charge in [-0.1, -0.05) is 29.8 Å². The summed E-state index contributed by atoms with van der Waals surface area (Å²) in [5.41, 5.74) is -1.09. The van der Waals surface area contributed by atoms with Gasteiger partial charge >= 0.3 is 12.1 Å². The fourth-order valence-corrected chi connectivity index (χ4v) is 3.44. The largest absolute Gasteiger partial charge is 0.478 e. The first-order valence-corrected chi connectivity index (χ1v) is 9.14. The SMILES string of the molecule is O=C(O)c1cccc(-c2nn(C(=O)c3c(Cl)cccc3C(F)(F)F)c3cccnc23)c1. The summed E-state index contributed by atoms with van der Waals surface area (Å²) in [5, 5.41) is 13.0. The van der Waals surface area contributed by atoms with Crippen LogP contribution < -0.4 is 0 Å². The monoisotopic (exact) mass is 445 g/mol. The molecule has 156 valence electrons. The van der Waals surface area contributed by atoms with Crippen LogP contribution in [0.1, 0.15) is 26.3 Å². The normalized spacial score (nSPS) is 11.6. The van der Waals surface area contributed by atoms with E-state index in [0.717, 1.165) is 16.8 Å². The predicted octanol–water partition coefficient (Wildman–Crippen LogP) is 5.16. The number of carboxylic acid groups (broad SMARTS) is 1. The Hall–Kier alpha value is -3.72. The van der Waals surface area contributed by atoms with E-state index in [1.807, 2.05) is 0 Å². The molecule has 31 heavy (non-hydrogen) atoms. The number of carboxylic acids is 1. The topological polar surface area (TPSA) is 85.1 Å². The van der Waals surface area contributed by atoms with Crippen molar-refractivity contribution in [3.8, 4) is 11.3 Å². The Labute approximate surface area is 177 Å². The molecule has 4 rings (SSSR count). The van der Waals surface area contributed by atoms with Gasteiger partial charge in [-0.15, -0.1) is 0 Å². The second-order valence-electron chi connectivity index (χ2n) is 6.48. The summed E-state index contributed by atoms with van der Waals surface area (Å²) in [6, 6.07) is 11.8. The van der Waals surface area contributed by atoms with Crippen LogP contribution in [0.15, 0.2) is 60.8 Å². The number of fused-ring (bicyclic) bond motifs is 1. The zero-order valence-corrected chi connectivity index (χ0v) is 16.1. The zero-order valence-electron chi connectivity index (χ0n) is 15.4. The highest BCUT2D eigenvalue weighted by Crippen LogP contribution is 2.36. The van der Waals surface area contributed by atoms with Crippen LogP contribution in [-0.2, 0) is 6.18 Å². The number of carbonyl (C=O) groups excluding carboxylic acids is 1. The Kier molecular flexibility index (Phi) is 4.98. The molecule has 0 spiro atoms. The second kappa shape index (κ2) is 7.51. The maximum Gasteiger partial charge on any atom is 0.417 e. The second-order valence-corrected chi connectivity index (χ2v) is 6.89. The summed E-state index contributed by atoms with van der Waals surface area (Å²) in [7, 11) is 0. The molecular weight excluding hydrogens is 435 g/mol. The highest BCUT2D eigenvalue weighted by atomic mass is 35.5. The number of hydrogen-bond donors (Lipinski definition) is 1. The molecule has 10 heteroatoms. The van der Waals surface area contributed by atoms with Gasteiger partial charge in [0.25, 0.3) is 5.91 Å². The fraction of sp³-hybridized carbons (Fsp3) is 0.0476. The Morgan fingerprint density at radius 3 is 2.48 bits per heavy atom. The number of carbonyl (C=O) groups is 2. The third-order valence-electron chi connectivity index (χ3n) is 4.55. The van der Waals surface area contributed by atoms with Gasteiger partial charge in [0.1, 0.15) is 11.2 Å². The van der Waals surface area contributed by atoms with Crippen molar-refractivity contribution in [2.45, 2.75) is 6.18 Å². The minimum absolute atomic E-state index is 0.0204. The van der Waals surface area contributed by atoms with Gasteiger partial charge in [-0.05, 0) is 36.4 Å². The van der Waals surface area contributed by atoms with Crippen LogP contribution >= 0.6 is 11.6 Å². The van der Waals surface area contributed by atoms with Crippen molar-refractivity contribution in [2.75, 3.05) is 0 Å². The van der Waals surface area contributed by atoms with Crippen molar-refractivity contribution < 1.29 is 27.9 Å². The highest BCUT2D eigenvalue weighted by Gasteiger charge is 2.37. The lowest BCUT2D eigenvalue weighted by atomic mass is 10.1. The lowest BCUT2D eigenvalue weighted by molar-refractivity contribution is -0.137. The quantitative estimate of drug-likeness (QED) is 0.471. The van der Waals surface area contributed by atoms with Crippen LogP contribution in [0.25, 0.3) is 22.3 Å². The Morgan fingerprint density at radius 1 is 1.03 bits per heavy atom. The molecule has 0 aliphatic carbocycles. The standard InChI is InChI=1S/C21H11ClF3N3O3/c22-14-7-2-6-13(21(23,24)25)16(14)19(29)28-15-8-3-9-26-18(15)17(27-28)11-4-1-5-12(10-11)20(30)31/h1-10H,(H,30,31). The summed E-state index contributed by atoms with van der Waals surface area (Å²) >= 11 is 5.97. The number of pyridine rings is 1. The minimum atomic E-state index is -4.81. The third-order valence-corrected chi connectivity index (χ3v) is 4.86. The predicted molar refractivity (Wildman–Crippen MR) is 106 cm³/mol. The summed E-state index contributed by atoms with van der Waals surface area (Å²) in [5.74, 6) is -2.25. The average Bonchev–Trinajstić information content (AvgIpc) is 3.12. The van der Waals surface area contributed by atoms with E-state index < -0.39 is 29.2 Å². The number of hydrogen-bond acceptors (Lipinski definition) is 4. The van der Waals surface area contributed by atoms with Gasteiger partial charge in [-0.2, -0.15) is 23.0 Å². The molecule has 4 aromatic rings. The van der Waals surface area contributed by atoms with E-state index in [0.29, 0.717) is 5.56 Å². The molecular formula is C21H11ClF3N3O3. The maximum atomic E-state index is 13.5. The van der Waals surface area contributed by atoms with Crippen LogP contribution in [0, 0.1) is 0 Å². The van der Waals surface area contributed by atoms with Gasteiger partial charge in [0.05, 0.1) is 27.2 Å². The Bertz CT molecular complexity index is 1350. The maximum absolute atomic E-state index is 13.5. The van der Waals surface area contributed by atoms with Crippen LogP contribution in [0.4, 0.5) is 13.2 Å². The molecule has 0 unspecified atom stereocenters. The molecule has 0 aliphatic rings. The van der Waals surface area contributed by atoms with Crippen molar-refractivity contribution in [1.82, 2.24) is 14.8 Å². The molecule has 0 saturated carbocycles. The number of aromatic carboxylic acids is 1. The van der Waals surface area contributed by atoms with Gasteiger partial charge in [0.2, 0.25) is 0 Å². The fourth-order valence-electron chi connectivity index (χ4n) is 3.18. The molecule has 1 N–H and O–H groups in total. The molecule has 6 nitrogen and oxygen atoms in total. The van der Waals surface area contributed by atoms with Gasteiger partial charge in [0.15, 0.2) is 0 Å². The summed E-state index contributed by atoms with van der Waals surface area (Å²) in [6.07, 6.45) is -3.38. The van der Waals surface area contributed by atoms with Crippen LogP contribution in [-0.4, -0.2) is 31.7 Å². The number of halogens is 4. The summed E-state index contributed by atoms with van der Waals surface area (Å²) in [6.45, 7) is 0. The molecule has 0 fully saturated rings. The van der Waals surface area contributed by atoms with Gasteiger partial charge in [-0.3, -0.25) is 9.78 Å². The van der Waals surface area contributed by atoms with Crippen LogP contribution in [0.2, 0.25) is 5.02 Å². The smallest absolute Gasteiger partial charge is 0.417 e. The molecule has 0 radical (unpaired) electrons. The van der Waals surface area contributed by atoms with Crippen molar-refractivity contribution in [1.29, 1.82) is 0 Å². The van der Waals surface area contributed by atoms with Crippen molar-refractivity contribution in [3.63, 3.8) is 0 Å². The molecule has 0 aliphatic heterocycles. The first kappa shape index (κ1) is 20.5. The van der Waals surface area contributed by atoms with Crippen LogP contribution in [0.5, 0.6) is 0 Å². The van der Waals surface area contributed by atoms with Gasteiger partial charge in [0, 0.05) is 11.8 Å². The molecule has 2 aromatic heterocycles. The number of alkyl halides is 3. The molecule has 0 amide bonds. The zero-order chi connectivity index (χ0) is 22.3. The molecule has 2 heterocycles. The lowest BCUT2D eigenvalue weighted by Gasteiger charge is -2.13. The molecule has 2 aromatic carbocycles. The summed E-state index contributed by atoms with van der Waals surface area (Å²) in [4.78, 5) is 28.6. The van der Waals surface area contributed by atoms with E-state index in [2.05, 4.69) is 10.1 Å². The van der Waals surface area contributed by atoms with E-state index in [1.54, 1.807) is 6.07 Å². The molecule has 0 bridgehead atoms. The highest BCUT2D eigenvalue weighted by molar-refractivity contribution is 6.34. The number of benzene rings is 2. The van der Waals surface area contributed by atoms with Crippen molar-refractivity contribution in [3.05, 3.63) is 82.5 Å². The van der Waals surface area contributed by atoms with E-state index in [-0.39, 0.29) is 27.3 Å². The van der Waals surface area contributed by atoms with E-state index in [1.165, 1.54) is 42.6 Å². The lowest BCUT2D eigenvalue weighted by Crippen LogP contribution is -2.20. The van der Waals surface area contributed by atoms with Crippen molar-refractivity contribution in [2.24, 2.45) is 0 Å². The van der Waals surface area contributed by atoms with E-state index >= 15 is 0 Å². The van der Waals surface area contributed by atoms with E-state index in [9.17, 15) is 27.9 Å². The van der Waals surface area contributed by atoms with Gasteiger partial charge in [-0.25, -0.2) is 4.79 Å². The average molecular weight is 446 g/mol. The third kappa shape index (κ3) is 3.64. The Balaban J connectivity index is 1.95. The van der Waals surface area contributed by atoms with E-state index in [4.69, 9.17) is 11.6 Å². The number of rotatable bonds is 3. The Morgan fingerprint density at radius 2 is 1.77 bits per heavy atom. The first-order chi connectivity index (χ1) is 14.7. The number of aromatic nitrogens is 3. The number of nitrogens with zero attached hydrogens (tertiary/aromatic N) is 3. The first-order valence-electron chi connectivity index (χ1n) is 8.76. The van der Waals surface area contributed by atoms with Crippen molar-refractivity contribution >= 4 is 34.5 Å². The molecule has 0 atom stereocenters. The van der Waals surface area contributed by atoms with Gasteiger partial charge < -0.3 is 5.11 Å². The van der Waals surface area contributed by atoms with Crippen LogP contribution in [0.3, 0.4) is 0 Å². The molecule has 0 saturated heterocycles. The minimum Gasteiger partial charge on any atom is -0.478 e.